The van der Waals surface area contributed by atoms with Crippen molar-refractivity contribution in [1.82, 2.24) is 0 Å². The molecule has 2 rings (SSSR count). The topological polar surface area (TPSA) is 40.5 Å². The highest BCUT2D eigenvalue weighted by atomic mass is 35.5. The summed E-state index contributed by atoms with van der Waals surface area (Å²) in [6.07, 6.45) is -0.795. The van der Waals surface area contributed by atoms with Gasteiger partial charge < -0.3 is 10.0 Å². The Balaban J connectivity index is 2.44. The van der Waals surface area contributed by atoms with E-state index in [1.807, 2.05) is 0 Å². The lowest BCUT2D eigenvalue weighted by molar-refractivity contribution is -0.117. The molecule has 0 aliphatic carbocycles. The second-order valence-corrected chi connectivity index (χ2v) is 4.42. The zero-order valence-electron chi connectivity index (χ0n) is 8.08. The number of β-amino-alcohol motifs (C(OH)–C–C–N with tert-alkyl or cyclic N) is 1. The van der Waals surface area contributed by atoms with Crippen molar-refractivity contribution in [3.05, 3.63) is 28.0 Å². The molecule has 1 aliphatic heterocycles. The molecule has 1 aliphatic rings. The molecule has 0 bridgehead atoms. The zero-order valence-corrected chi connectivity index (χ0v) is 9.59. The van der Waals surface area contributed by atoms with Crippen LogP contribution in [0.3, 0.4) is 0 Å². The number of aliphatic hydroxyl groups excluding tert-OH is 1. The Morgan fingerprint density at radius 1 is 1.44 bits per heavy atom. The van der Waals surface area contributed by atoms with Crippen LogP contribution in [0.25, 0.3) is 0 Å². The number of halogens is 3. The summed E-state index contributed by atoms with van der Waals surface area (Å²) in [6, 6.07) is 2.44. The summed E-state index contributed by atoms with van der Waals surface area (Å²) in [5.41, 5.74) is -0.0207. The number of amides is 1. The van der Waals surface area contributed by atoms with Crippen molar-refractivity contribution in [3.63, 3.8) is 0 Å². The molecule has 16 heavy (non-hydrogen) atoms. The monoisotopic (exact) mass is 263 g/mol. The predicted molar refractivity (Wildman–Crippen MR) is 59.4 cm³/mol. The first-order valence-electron chi connectivity index (χ1n) is 4.62. The van der Waals surface area contributed by atoms with Crippen LogP contribution >= 0.6 is 23.2 Å². The van der Waals surface area contributed by atoms with Gasteiger partial charge in [0.25, 0.3) is 0 Å². The molecule has 1 saturated heterocycles. The van der Waals surface area contributed by atoms with Gasteiger partial charge in [-0.25, -0.2) is 4.39 Å². The summed E-state index contributed by atoms with van der Waals surface area (Å²) in [5, 5.41) is 9.54. The second-order valence-electron chi connectivity index (χ2n) is 3.58. The Labute approximate surface area is 101 Å². The second kappa shape index (κ2) is 4.20. The van der Waals surface area contributed by atoms with E-state index in [4.69, 9.17) is 23.2 Å². The van der Waals surface area contributed by atoms with E-state index in [1.54, 1.807) is 0 Å². The van der Waals surface area contributed by atoms with Gasteiger partial charge >= 0.3 is 0 Å². The van der Waals surface area contributed by atoms with Crippen molar-refractivity contribution in [2.75, 3.05) is 11.4 Å². The van der Waals surface area contributed by atoms with E-state index >= 15 is 0 Å². The lowest BCUT2D eigenvalue weighted by Crippen LogP contribution is -2.26. The number of carbonyl (C=O) groups is 1. The molecule has 1 aromatic rings. The molecule has 1 heterocycles. The zero-order chi connectivity index (χ0) is 11.9. The summed E-state index contributed by atoms with van der Waals surface area (Å²) in [7, 11) is 0. The molecule has 86 valence electrons. The molecule has 1 aromatic carbocycles. The third kappa shape index (κ3) is 2.00. The van der Waals surface area contributed by atoms with Crippen molar-refractivity contribution in [1.29, 1.82) is 0 Å². The highest BCUT2D eigenvalue weighted by molar-refractivity contribution is 6.36. The van der Waals surface area contributed by atoms with E-state index in [0.29, 0.717) is 0 Å². The van der Waals surface area contributed by atoms with Crippen LogP contribution in [0.1, 0.15) is 6.42 Å². The van der Waals surface area contributed by atoms with Crippen molar-refractivity contribution >= 4 is 34.8 Å². The van der Waals surface area contributed by atoms with Crippen LogP contribution in [0, 0.1) is 5.82 Å². The maximum atomic E-state index is 13.6. The summed E-state index contributed by atoms with van der Waals surface area (Å²) < 4.78 is 13.6. The Hall–Kier alpha value is -0.840. The SMILES string of the molecule is O=C1CC(O)CN1c1c(F)cc(Cl)cc1Cl. The van der Waals surface area contributed by atoms with Gasteiger partial charge in [0.2, 0.25) is 5.91 Å². The Kier molecular flexibility index (Phi) is 3.06. The average molecular weight is 264 g/mol. The first-order valence-corrected chi connectivity index (χ1v) is 5.37. The minimum atomic E-state index is -0.779. The molecule has 0 saturated carbocycles. The van der Waals surface area contributed by atoms with Crippen LogP contribution in [-0.2, 0) is 4.79 Å². The normalized spacial score (nSPS) is 20.6. The standard InChI is InChI=1S/C10H8Cl2FNO2/c11-5-1-7(12)10(8(13)2-5)14-4-6(15)3-9(14)16/h1-2,6,15H,3-4H2. The maximum absolute atomic E-state index is 13.6. The van der Waals surface area contributed by atoms with Gasteiger partial charge in [0.05, 0.1) is 29.8 Å². The van der Waals surface area contributed by atoms with Gasteiger partial charge in [-0.15, -0.1) is 0 Å². The minimum absolute atomic E-state index is 0.0155. The number of aliphatic hydroxyl groups is 1. The quantitative estimate of drug-likeness (QED) is 0.844. The maximum Gasteiger partial charge on any atom is 0.229 e. The molecule has 0 aromatic heterocycles. The first kappa shape index (κ1) is 11.6. The van der Waals surface area contributed by atoms with Crippen LogP contribution in [0.15, 0.2) is 12.1 Å². The van der Waals surface area contributed by atoms with E-state index < -0.39 is 11.9 Å². The largest absolute Gasteiger partial charge is 0.391 e. The fraction of sp³-hybridized carbons (Fsp3) is 0.300. The molecule has 1 atom stereocenters. The van der Waals surface area contributed by atoms with Gasteiger partial charge in [0, 0.05) is 5.02 Å². The van der Waals surface area contributed by atoms with Crippen molar-refractivity contribution in [2.45, 2.75) is 12.5 Å². The lowest BCUT2D eigenvalue weighted by Gasteiger charge is -2.18. The minimum Gasteiger partial charge on any atom is -0.391 e. The van der Waals surface area contributed by atoms with E-state index in [9.17, 15) is 14.3 Å². The van der Waals surface area contributed by atoms with Gasteiger partial charge in [-0.1, -0.05) is 23.2 Å². The number of carbonyl (C=O) groups excluding carboxylic acids is 1. The molecule has 0 spiro atoms. The average Bonchev–Trinajstić information content (AvgIpc) is 2.43. The molecular weight excluding hydrogens is 256 g/mol. The summed E-state index contributed by atoms with van der Waals surface area (Å²) in [5.74, 6) is -1.02. The number of nitrogens with zero attached hydrogens (tertiary/aromatic N) is 1. The van der Waals surface area contributed by atoms with Crippen molar-refractivity contribution in [2.24, 2.45) is 0 Å². The predicted octanol–water partition coefficient (Wildman–Crippen LogP) is 2.23. The first-order chi connectivity index (χ1) is 7.49. The van der Waals surface area contributed by atoms with E-state index in [0.717, 1.165) is 11.0 Å². The van der Waals surface area contributed by atoms with Gasteiger partial charge in [0.1, 0.15) is 5.82 Å². The number of hydrogen-bond donors (Lipinski definition) is 1. The van der Waals surface area contributed by atoms with E-state index in [2.05, 4.69) is 0 Å². The third-order valence-corrected chi connectivity index (χ3v) is 2.86. The number of rotatable bonds is 1. The molecule has 1 fully saturated rings. The van der Waals surface area contributed by atoms with Crippen LogP contribution < -0.4 is 4.90 Å². The smallest absolute Gasteiger partial charge is 0.229 e. The molecule has 0 radical (unpaired) electrons. The number of hydrogen-bond acceptors (Lipinski definition) is 2. The number of benzene rings is 1. The fourth-order valence-corrected chi connectivity index (χ4v) is 2.27. The van der Waals surface area contributed by atoms with E-state index in [1.165, 1.54) is 6.07 Å². The lowest BCUT2D eigenvalue weighted by atomic mass is 10.3. The molecule has 1 unspecified atom stereocenters. The number of anilines is 1. The van der Waals surface area contributed by atoms with Crippen LogP contribution in [0.4, 0.5) is 10.1 Å². The molecule has 1 N–H and O–H groups in total. The summed E-state index contributed by atoms with van der Waals surface area (Å²) in [4.78, 5) is 12.6. The van der Waals surface area contributed by atoms with Gasteiger partial charge in [-0.3, -0.25) is 4.79 Å². The van der Waals surface area contributed by atoms with Crippen LogP contribution in [0.2, 0.25) is 10.0 Å². The van der Waals surface area contributed by atoms with Crippen LogP contribution in [-0.4, -0.2) is 23.7 Å². The summed E-state index contributed by atoms with van der Waals surface area (Å²) in [6.45, 7) is 0.0527. The third-order valence-electron chi connectivity index (χ3n) is 2.36. The highest BCUT2D eigenvalue weighted by Gasteiger charge is 2.32. The Bertz CT molecular complexity index is 429. The van der Waals surface area contributed by atoms with Gasteiger partial charge in [-0.2, -0.15) is 0 Å². The molecular formula is C10H8Cl2FNO2. The van der Waals surface area contributed by atoms with E-state index in [-0.39, 0.29) is 34.6 Å². The fourth-order valence-electron chi connectivity index (χ4n) is 1.70. The van der Waals surface area contributed by atoms with Gasteiger partial charge in [0.15, 0.2) is 0 Å². The Morgan fingerprint density at radius 3 is 2.62 bits per heavy atom. The molecule has 6 heteroatoms. The van der Waals surface area contributed by atoms with Crippen molar-refractivity contribution in [3.8, 4) is 0 Å². The molecule has 3 nitrogen and oxygen atoms in total. The summed E-state index contributed by atoms with van der Waals surface area (Å²) >= 11 is 11.4. The molecule has 1 amide bonds. The Morgan fingerprint density at radius 2 is 2.12 bits per heavy atom. The van der Waals surface area contributed by atoms with Crippen molar-refractivity contribution < 1.29 is 14.3 Å². The van der Waals surface area contributed by atoms with Gasteiger partial charge in [-0.05, 0) is 12.1 Å². The highest BCUT2D eigenvalue weighted by Crippen LogP contribution is 2.34. The van der Waals surface area contributed by atoms with Crippen LogP contribution in [0.5, 0.6) is 0 Å².